The van der Waals surface area contributed by atoms with E-state index in [1.165, 1.54) is 0 Å². The zero-order valence-electron chi connectivity index (χ0n) is 11.0. The highest BCUT2D eigenvalue weighted by atomic mass is 32.2. The first-order valence-electron chi connectivity index (χ1n) is 6.24. The molecule has 0 unspecified atom stereocenters. The van der Waals surface area contributed by atoms with Crippen LogP contribution in [0.2, 0.25) is 0 Å². The van der Waals surface area contributed by atoms with Gasteiger partial charge < -0.3 is 5.73 Å². The summed E-state index contributed by atoms with van der Waals surface area (Å²) in [4.78, 5) is 2.15. The maximum Gasteiger partial charge on any atom is 0.152 e. The Bertz CT molecular complexity index is 582. The lowest BCUT2D eigenvalue weighted by Gasteiger charge is -2.27. The van der Waals surface area contributed by atoms with E-state index in [0.29, 0.717) is 13.1 Å². The highest BCUT2D eigenvalue weighted by Crippen LogP contribution is 2.15. The molecule has 1 aromatic carbocycles. The van der Waals surface area contributed by atoms with Crippen molar-refractivity contribution in [3.05, 3.63) is 34.9 Å². The van der Waals surface area contributed by atoms with Crippen molar-refractivity contribution in [3.8, 4) is 0 Å². The van der Waals surface area contributed by atoms with Crippen molar-refractivity contribution in [2.45, 2.75) is 13.5 Å². The third-order valence-electron chi connectivity index (χ3n) is 3.48. The molecular formula is C13H19N3O2S. The normalized spacial score (nSPS) is 19.2. The van der Waals surface area contributed by atoms with Crippen LogP contribution >= 0.6 is 0 Å². The van der Waals surface area contributed by atoms with E-state index in [9.17, 15) is 8.42 Å². The van der Waals surface area contributed by atoms with Gasteiger partial charge >= 0.3 is 0 Å². The molecule has 0 spiro atoms. The molecule has 0 aliphatic carbocycles. The Morgan fingerprint density at radius 2 is 2.00 bits per heavy atom. The number of sulfone groups is 1. The van der Waals surface area contributed by atoms with Gasteiger partial charge in [-0.15, -0.1) is 0 Å². The second kappa shape index (κ2) is 5.30. The summed E-state index contributed by atoms with van der Waals surface area (Å²) < 4.78 is 22.7. The molecule has 1 saturated heterocycles. The number of hydrogen-bond acceptors (Lipinski definition) is 4. The lowest BCUT2D eigenvalue weighted by atomic mass is 10.0. The summed E-state index contributed by atoms with van der Waals surface area (Å²) in [5.41, 5.74) is 8.42. The van der Waals surface area contributed by atoms with Crippen LogP contribution in [0, 0.1) is 12.3 Å². The van der Waals surface area contributed by atoms with Gasteiger partial charge in [0, 0.05) is 25.2 Å². The molecule has 1 aliphatic rings. The molecule has 1 fully saturated rings. The van der Waals surface area contributed by atoms with E-state index in [2.05, 4.69) is 4.90 Å². The van der Waals surface area contributed by atoms with E-state index >= 15 is 0 Å². The number of aryl methyl sites for hydroxylation is 1. The van der Waals surface area contributed by atoms with Gasteiger partial charge in [-0.25, -0.2) is 8.42 Å². The van der Waals surface area contributed by atoms with Gasteiger partial charge in [0.05, 0.1) is 11.5 Å². The second-order valence-corrected chi connectivity index (χ2v) is 7.29. The Balaban J connectivity index is 2.06. The van der Waals surface area contributed by atoms with Crippen LogP contribution in [-0.2, 0) is 16.4 Å². The fourth-order valence-corrected chi connectivity index (χ4v) is 3.47. The maximum atomic E-state index is 11.4. The quantitative estimate of drug-likeness (QED) is 0.624. The topological polar surface area (TPSA) is 87.2 Å². The molecule has 104 valence electrons. The highest BCUT2D eigenvalue weighted by Gasteiger charge is 2.21. The van der Waals surface area contributed by atoms with Gasteiger partial charge in [0.1, 0.15) is 5.84 Å². The van der Waals surface area contributed by atoms with Gasteiger partial charge in [0.2, 0.25) is 0 Å². The third-order valence-corrected chi connectivity index (χ3v) is 5.09. The smallest absolute Gasteiger partial charge is 0.152 e. The van der Waals surface area contributed by atoms with Crippen LogP contribution in [-0.4, -0.2) is 43.7 Å². The van der Waals surface area contributed by atoms with Crippen LogP contribution < -0.4 is 5.73 Å². The van der Waals surface area contributed by atoms with E-state index in [-0.39, 0.29) is 17.3 Å². The fourth-order valence-electron chi connectivity index (χ4n) is 2.19. The summed E-state index contributed by atoms with van der Waals surface area (Å²) in [5, 5.41) is 7.40. The standard InChI is InChI=1S/C13H19N3O2S/c1-10-8-11(13(14)15)2-3-12(10)9-16-4-6-19(17,18)7-5-16/h2-3,8H,4-7,9H2,1H3,(H3,14,15). The van der Waals surface area contributed by atoms with Crippen molar-refractivity contribution in [1.29, 1.82) is 5.41 Å². The van der Waals surface area contributed by atoms with Crippen molar-refractivity contribution in [1.82, 2.24) is 4.90 Å². The Labute approximate surface area is 113 Å². The maximum absolute atomic E-state index is 11.4. The third kappa shape index (κ3) is 3.54. The lowest BCUT2D eigenvalue weighted by molar-refractivity contribution is 0.287. The Kier molecular flexibility index (Phi) is 3.91. The first-order chi connectivity index (χ1) is 8.87. The molecule has 0 atom stereocenters. The molecule has 0 amide bonds. The SMILES string of the molecule is Cc1cc(C(=N)N)ccc1CN1CCS(=O)(=O)CC1. The van der Waals surface area contributed by atoms with Gasteiger partial charge in [0.15, 0.2) is 9.84 Å². The van der Waals surface area contributed by atoms with E-state index < -0.39 is 9.84 Å². The molecule has 0 saturated carbocycles. The van der Waals surface area contributed by atoms with Crippen molar-refractivity contribution in [2.75, 3.05) is 24.6 Å². The first-order valence-corrected chi connectivity index (χ1v) is 8.06. The zero-order chi connectivity index (χ0) is 14.0. The molecule has 5 nitrogen and oxygen atoms in total. The van der Waals surface area contributed by atoms with E-state index in [1.807, 2.05) is 25.1 Å². The summed E-state index contributed by atoms with van der Waals surface area (Å²) in [7, 11) is -2.82. The van der Waals surface area contributed by atoms with Crippen LogP contribution in [0.25, 0.3) is 0 Å². The number of nitrogens with zero attached hydrogens (tertiary/aromatic N) is 1. The van der Waals surface area contributed by atoms with Gasteiger partial charge in [-0.1, -0.05) is 12.1 Å². The van der Waals surface area contributed by atoms with E-state index in [1.54, 1.807) is 0 Å². The summed E-state index contributed by atoms with van der Waals surface area (Å²) in [6.07, 6.45) is 0. The van der Waals surface area contributed by atoms with Crippen LogP contribution in [0.1, 0.15) is 16.7 Å². The number of nitrogens with one attached hydrogen (secondary N) is 1. The number of amidine groups is 1. The molecule has 0 bridgehead atoms. The summed E-state index contributed by atoms with van der Waals surface area (Å²) in [6, 6.07) is 5.71. The number of benzene rings is 1. The molecule has 2 rings (SSSR count). The minimum atomic E-state index is -2.82. The molecule has 1 aliphatic heterocycles. The zero-order valence-corrected chi connectivity index (χ0v) is 11.8. The van der Waals surface area contributed by atoms with Crippen molar-refractivity contribution in [2.24, 2.45) is 5.73 Å². The van der Waals surface area contributed by atoms with Gasteiger partial charge in [0.25, 0.3) is 0 Å². The lowest BCUT2D eigenvalue weighted by Crippen LogP contribution is -2.39. The number of nitrogens with two attached hydrogens (primary N) is 1. The van der Waals surface area contributed by atoms with Crippen LogP contribution in [0.4, 0.5) is 0 Å². The Morgan fingerprint density at radius 3 is 2.53 bits per heavy atom. The molecule has 0 radical (unpaired) electrons. The Hall–Kier alpha value is -1.40. The number of hydrogen-bond donors (Lipinski definition) is 2. The summed E-state index contributed by atoms with van der Waals surface area (Å²) >= 11 is 0. The summed E-state index contributed by atoms with van der Waals surface area (Å²) in [5.74, 6) is 0.563. The van der Waals surface area contributed by atoms with Crippen LogP contribution in [0.5, 0.6) is 0 Å². The predicted molar refractivity (Wildman–Crippen MR) is 76.1 cm³/mol. The fraction of sp³-hybridized carbons (Fsp3) is 0.462. The van der Waals surface area contributed by atoms with Gasteiger partial charge in [-0.2, -0.15) is 0 Å². The van der Waals surface area contributed by atoms with Crippen molar-refractivity contribution in [3.63, 3.8) is 0 Å². The minimum Gasteiger partial charge on any atom is -0.384 e. The van der Waals surface area contributed by atoms with Crippen molar-refractivity contribution < 1.29 is 8.42 Å². The Morgan fingerprint density at radius 1 is 1.37 bits per heavy atom. The summed E-state index contributed by atoms with van der Waals surface area (Å²) in [6.45, 7) is 3.93. The average molecular weight is 281 g/mol. The van der Waals surface area contributed by atoms with Crippen LogP contribution in [0.3, 0.4) is 0 Å². The van der Waals surface area contributed by atoms with Crippen LogP contribution in [0.15, 0.2) is 18.2 Å². The largest absolute Gasteiger partial charge is 0.384 e. The second-order valence-electron chi connectivity index (χ2n) is 4.98. The van der Waals surface area contributed by atoms with E-state index in [4.69, 9.17) is 11.1 Å². The molecule has 1 aromatic rings. The molecule has 1 heterocycles. The number of nitrogen functional groups attached to an aromatic ring is 1. The molecule has 19 heavy (non-hydrogen) atoms. The van der Waals surface area contributed by atoms with E-state index in [0.717, 1.165) is 23.2 Å². The molecule has 3 N–H and O–H groups in total. The predicted octanol–water partition coefficient (Wildman–Crippen LogP) is 0.509. The molecular weight excluding hydrogens is 262 g/mol. The first kappa shape index (κ1) is 14.0. The molecule has 0 aromatic heterocycles. The van der Waals surface area contributed by atoms with Crippen molar-refractivity contribution >= 4 is 15.7 Å². The number of rotatable bonds is 3. The average Bonchev–Trinajstić information content (AvgIpc) is 2.34. The van der Waals surface area contributed by atoms with Gasteiger partial charge in [-0.3, -0.25) is 10.3 Å². The molecule has 6 heteroatoms. The highest BCUT2D eigenvalue weighted by molar-refractivity contribution is 7.91. The van der Waals surface area contributed by atoms with Gasteiger partial charge in [-0.05, 0) is 24.1 Å². The monoisotopic (exact) mass is 281 g/mol. The minimum absolute atomic E-state index is 0.0683.